The SMILES string of the molecule is COc1ccc(N[C@@H](c2ccc(C)cc2)[C@@H](Cc2ccccc2)S(=O)(=O)c2ccccc2)cc1. The number of hydrogen-bond donors (Lipinski definition) is 1. The van der Waals surface area contributed by atoms with E-state index in [1.807, 2.05) is 91.9 Å². The smallest absolute Gasteiger partial charge is 0.183 e. The lowest BCUT2D eigenvalue weighted by Gasteiger charge is -2.30. The number of hydrogen-bond acceptors (Lipinski definition) is 4. The second-order valence-electron chi connectivity index (χ2n) is 8.35. The highest BCUT2D eigenvalue weighted by molar-refractivity contribution is 7.92. The Balaban J connectivity index is 1.82. The van der Waals surface area contributed by atoms with Gasteiger partial charge in [-0.2, -0.15) is 0 Å². The lowest BCUT2D eigenvalue weighted by atomic mass is 9.97. The normalized spacial score (nSPS) is 13.1. The molecule has 174 valence electrons. The molecular formula is C29H29NO3S. The third-order valence-electron chi connectivity index (χ3n) is 5.97. The molecule has 0 radical (unpaired) electrons. The topological polar surface area (TPSA) is 55.4 Å². The Morgan fingerprint density at radius 1 is 0.765 bits per heavy atom. The summed E-state index contributed by atoms with van der Waals surface area (Å²) in [7, 11) is -2.05. The van der Waals surface area contributed by atoms with Crippen LogP contribution in [0.5, 0.6) is 5.75 Å². The van der Waals surface area contributed by atoms with E-state index in [2.05, 4.69) is 5.32 Å². The van der Waals surface area contributed by atoms with Crippen molar-refractivity contribution in [3.8, 4) is 5.75 Å². The molecule has 0 bridgehead atoms. The first-order valence-electron chi connectivity index (χ1n) is 11.3. The lowest BCUT2D eigenvalue weighted by molar-refractivity contribution is 0.415. The minimum Gasteiger partial charge on any atom is -0.497 e. The summed E-state index contributed by atoms with van der Waals surface area (Å²) in [4.78, 5) is 0.324. The van der Waals surface area contributed by atoms with E-state index in [4.69, 9.17) is 4.74 Å². The molecule has 0 saturated carbocycles. The molecule has 2 atom stereocenters. The Bertz CT molecular complexity index is 1290. The first-order valence-corrected chi connectivity index (χ1v) is 12.8. The Labute approximate surface area is 202 Å². The van der Waals surface area contributed by atoms with Gasteiger partial charge >= 0.3 is 0 Å². The molecule has 0 fully saturated rings. The van der Waals surface area contributed by atoms with Crippen LogP contribution < -0.4 is 10.1 Å². The molecule has 4 nitrogen and oxygen atoms in total. The van der Waals surface area contributed by atoms with Gasteiger partial charge in [0.2, 0.25) is 0 Å². The summed E-state index contributed by atoms with van der Waals surface area (Å²) in [6.45, 7) is 2.03. The Morgan fingerprint density at radius 2 is 1.35 bits per heavy atom. The van der Waals surface area contributed by atoms with Crippen LogP contribution >= 0.6 is 0 Å². The number of sulfone groups is 1. The highest BCUT2D eigenvalue weighted by atomic mass is 32.2. The van der Waals surface area contributed by atoms with Crippen LogP contribution in [0.2, 0.25) is 0 Å². The zero-order chi connectivity index (χ0) is 24.0. The summed E-state index contributed by atoms with van der Waals surface area (Å²) in [6.07, 6.45) is 0.375. The average Bonchev–Trinajstić information content (AvgIpc) is 2.88. The summed E-state index contributed by atoms with van der Waals surface area (Å²) in [5.74, 6) is 0.746. The molecule has 0 spiro atoms. The van der Waals surface area contributed by atoms with Crippen LogP contribution in [0.4, 0.5) is 5.69 Å². The maximum absolute atomic E-state index is 14.0. The molecule has 4 aromatic carbocycles. The van der Waals surface area contributed by atoms with Crippen molar-refractivity contribution in [1.82, 2.24) is 0 Å². The average molecular weight is 472 g/mol. The molecule has 4 aromatic rings. The van der Waals surface area contributed by atoms with Gasteiger partial charge in [0.15, 0.2) is 9.84 Å². The van der Waals surface area contributed by atoms with E-state index < -0.39 is 21.1 Å². The van der Waals surface area contributed by atoms with Crippen LogP contribution in [0.15, 0.2) is 114 Å². The number of rotatable bonds is 9. The first kappa shape index (κ1) is 23.6. The number of methoxy groups -OCH3 is 1. The van der Waals surface area contributed by atoms with E-state index in [1.54, 1.807) is 31.4 Å². The third-order valence-corrected chi connectivity index (χ3v) is 8.14. The minimum atomic E-state index is -3.68. The van der Waals surface area contributed by atoms with Gasteiger partial charge < -0.3 is 10.1 Å². The van der Waals surface area contributed by atoms with Crippen molar-refractivity contribution in [1.29, 1.82) is 0 Å². The van der Waals surface area contributed by atoms with Gasteiger partial charge in [-0.05, 0) is 60.9 Å². The summed E-state index contributed by atoms with van der Waals surface area (Å²) in [5.41, 5.74) is 3.84. The number of aryl methyl sites for hydroxylation is 1. The zero-order valence-electron chi connectivity index (χ0n) is 19.4. The number of ether oxygens (including phenoxy) is 1. The van der Waals surface area contributed by atoms with Crippen molar-refractivity contribution in [2.24, 2.45) is 0 Å². The quantitative estimate of drug-likeness (QED) is 0.314. The molecule has 1 N–H and O–H groups in total. The fraction of sp³-hybridized carbons (Fsp3) is 0.172. The maximum atomic E-state index is 14.0. The van der Waals surface area contributed by atoms with Crippen LogP contribution in [0.3, 0.4) is 0 Å². The molecule has 34 heavy (non-hydrogen) atoms. The van der Waals surface area contributed by atoms with Crippen LogP contribution in [0.1, 0.15) is 22.7 Å². The predicted octanol–water partition coefficient (Wildman–Crippen LogP) is 6.24. The predicted molar refractivity (Wildman–Crippen MR) is 138 cm³/mol. The van der Waals surface area contributed by atoms with Crippen molar-refractivity contribution in [2.45, 2.75) is 29.5 Å². The summed E-state index contributed by atoms with van der Waals surface area (Å²) in [5, 5.41) is 2.79. The molecule has 0 unspecified atom stereocenters. The Morgan fingerprint density at radius 3 is 1.94 bits per heavy atom. The lowest BCUT2D eigenvalue weighted by Crippen LogP contribution is -2.35. The van der Waals surface area contributed by atoms with Crippen molar-refractivity contribution >= 4 is 15.5 Å². The highest BCUT2D eigenvalue weighted by Gasteiger charge is 2.36. The number of anilines is 1. The molecule has 0 amide bonds. The molecular weight excluding hydrogens is 442 g/mol. The molecule has 5 heteroatoms. The van der Waals surface area contributed by atoms with Gasteiger partial charge in [0.1, 0.15) is 5.75 Å². The van der Waals surface area contributed by atoms with E-state index in [0.717, 1.165) is 28.1 Å². The van der Waals surface area contributed by atoms with E-state index >= 15 is 0 Å². The fourth-order valence-electron chi connectivity index (χ4n) is 4.07. The summed E-state index contributed by atoms with van der Waals surface area (Å²) < 4.78 is 33.4. The monoisotopic (exact) mass is 471 g/mol. The van der Waals surface area contributed by atoms with Gasteiger partial charge in [-0.3, -0.25) is 0 Å². The molecule has 0 aliphatic heterocycles. The van der Waals surface area contributed by atoms with Crippen molar-refractivity contribution < 1.29 is 13.2 Å². The zero-order valence-corrected chi connectivity index (χ0v) is 20.2. The largest absolute Gasteiger partial charge is 0.497 e. The van der Waals surface area contributed by atoms with Gasteiger partial charge in [0.25, 0.3) is 0 Å². The second kappa shape index (κ2) is 10.6. The van der Waals surface area contributed by atoms with E-state index in [9.17, 15) is 8.42 Å². The standard InChI is InChI=1S/C29H29NO3S/c1-22-13-15-24(16-14-22)29(30-25-17-19-26(33-2)20-18-25)28(21-23-9-5-3-6-10-23)34(31,32)27-11-7-4-8-12-27/h3-20,28-30H,21H2,1-2H3/t28-,29+/m1/s1. The molecule has 0 aliphatic rings. The number of benzene rings is 4. The van der Waals surface area contributed by atoms with Crippen molar-refractivity contribution in [3.05, 3.63) is 126 Å². The van der Waals surface area contributed by atoms with Gasteiger partial charge in [-0.25, -0.2) is 8.42 Å². The Hall–Kier alpha value is -3.57. The molecule has 0 saturated heterocycles. The maximum Gasteiger partial charge on any atom is 0.183 e. The molecule has 0 aliphatic carbocycles. The van der Waals surface area contributed by atoms with Crippen LogP contribution in [-0.4, -0.2) is 20.8 Å². The van der Waals surface area contributed by atoms with Crippen molar-refractivity contribution in [2.75, 3.05) is 12.4 Å². The van der Waals surface area contributed by atoms with Crippen LogP contribution in [0, 0.1) is 6.92 Å². The van der Waals surface area contributed by atoms with Gasteiger partial charge in [-0.15, -0.1) is 0 Å². The fourth-order valence-corrected chi connectivity index (χ4v) is 5.95. The van der Waals surface area contributed by atoms with Gasteiger partial charge in [0, 0.05) is 5.69 Å². The van der Waals surface area contributed by atoms with Crippen molar-refractivity contribution in [3.63, 3.8) is 0 Å². The highest BCUT2D eigenvalue weighted by Crippen LogP contribution is 2.33. The first-order chi connectivity index (χ1) is 16.5. The Kier molecular flexibility index (Phi) is 7.33. The molecule has 0 aromatic heterocycles. The van der Waals surface area contributed by atoms with E-state index in [1.165, 1.54) is 0 Å². The van der Waals surface area contributed by atoms with Gasteiger partial charge in [0.05, 0.1) is 23.3 Å². The molecule has 4 rings (SSSR count). The van der Waals surface area contributed by atoms with Crippen LogP contribution in [-0.2, 0) is 16.3 Å². The number of nitrogens with one attached hydrogen (secondary N) is 1. The molecule has 0 heterocycles. The minimum absolute atomic E-state index is 0.324. The van der Waals surface area contributed by atoms with Crippen LogP contribution in [0.25, 0.3) is 0 Å². The van der Waals surface area contributed by atoms with E-state index in [-0.39, 0.29) is 0 Å². The van der Waals surface area contributed by atoms with Gasteiger partial charge in [-0.1, -0.05) is 78.4 Å². The third kappa shape index (κ3) is 5.49. The second-order valence-corrected chi connectivity index (χ2v) is 10.5. The van der Waals surface area contributed by atoms with E-state index in [0.29, 0.717) is 11.3 Å². The summed E-state index contributed by atoms with van der Waals surface area (Å²) in [6, 6.07) is 33.6. The summed E-state index contributed by atoms with van der Waals surface area (Å²) >= 11 is 0.